The van der Waals surface area contributed by atoms with Crippen LogP contribution in [0.15, 0.2) is 30.3 Å². The lowest BCUT2D eigenvalue weighted by molar-refractivity contribution is 0.398. The average molecular weight is 258 g/mol. The third-order valence-corrected chi connectivity index (χ3v) is 3.35. The van der Waals surface area contributed by atoms with Crippen molar-refractivity contribution < 1.29 is 15.3 Å². The molecule has 2 aromatic carbocycles. The number of aromatic hydroxyl groups is 3. The second-order valence-electron chi connectivity index (χ2n) is 4.55. The fraction of sp³-hybridized carbons (Fsp3) is 0.250. The van der Waals surface area contributed by atoms with Crippen molar-refractivity contribution in [3.05, 3.63) is 41.5 Å². The monoisotopic (exact) mass is 258 g/mol. The maximum absolute atomic E-state index is 9.90. The molecular formula is C16H18O3. The maximum Gasteiger partial charge on any atom is 0.165 e. The molecule has 3 heteroatoms. The Kier molecular flexibility index (Phi) is 3.65. The van der Waals surface area contributed by atoms with Crippen LogP contribution in [0.2, 0.25) is 0 Å². The molecule has 0 saturated heterocycles. The molecule has 2 rings (SSSR count). The molecule has 0 aliphatic rings. The first kappa shape index (κ1) is 13.3. The van der Waals surface area contributed by atoms with E-state index in [0.717, 1.165) is 24.5 Å². The molecule has 0 amide bonds. The van der Waals surface area contributed by atoms with Crippen LogP contribution in [0.3, 0.4) is 0 Å². The van der Waals surface area contributed by atoms with Crippen LogP contribution in [0.1, 0.15) is 25.0 Å². The predicted octanol–water partition coefficient (Wildman–Crippen LogP) is 3.60. The summed E-state index contributed by atoms with van der Waals surface area (Å²) in [6.45, 7) is 4.18. The maximum atomic E-state index is 9.90. The molecule has 19 heavy (non-hydrogen) atoms. The van der Waals surface area contributed by atoms with Crippen molar-refractivity contribution in [1.29, 1.82) is 0 Å². The molecule has 0 heterocycles. The van der Waals surface area contributed by atoms with Gasteiger partial charge in [-0.1, -0.05) is 32.0 Å². The zero-order valence-electron chi connectivity index (χ0n) is 11.1. The lowest BCUT2D eigenvalue weighted by Crippen LogP contribution is -1.92. The molecule has 0 unspecified atom stereocenters. The normalized spacial score (nSPS) is 10.6. The summed E-state index contributed by atoms with van der Waals surface area (Å²) >= 11 is 0. The molecule has 0 radical (unpaired) electrons. The molecule has 0 spiro atoms. The SMILES string of the molecule is CCc1ccc(-c2cc(O)cc(O)c2O)cc1CC. The topological polar surface area (TPSA) is 60.7 Å². The number of phenolic OH excluding ortho intramolecular Hbond substituents is 3. The van der Waals surface area contributed by atoms with Gasteiger partial charge in [-0.3, -0.25) is 0 Å². The summed E-state index contributed by atoms with van der Waals surface area (Å²) < 4.78 is 0. The Morgan fingerprint density at radius 2 is 1.53 bits per heavy atom. The van der Waals surface area contributed by atoms with E-state index in [4.69, 9.17) is 0 Å². The number of rotatable bonds is 3. The van der Waals surface area contributed by atoms with Crippen LogP contribution in [0.5, 0.6) is 17.2 Å². The van der Waals surface area contributed by atoms with Gasteiger partial charge in [-0.25, -0.2) is 0 Å². The van der Waals surface area contributed by atoms with Gasteiger partial charge in [0.2, 0.25) is 0 Å². The Morgan fingerprint density at radius 3 is 2.16 bits per heavy atom. The number of aryl methyl sites for hydroxylation is 2. The summed E-state index contributed by atoms with van der Waals surface area (Å²) in [6.07, 6.45) is 1.86. The van der Waals surface area contributed by atoms with E-state index in [1.54, 1.807) is 0 Å². The smallest absolute Gasteiger partial charge is 0.165 e. The van der Waals surface area contributed by atoms with Crippen LogP contribution in [0, 0.1) is 0 Å². The Labute approximate surface area is 112 Å². The van der Waals surface area contributed by atoms with E-state index in [9.17, 15) is 15.3 Å². The first-order chi connectivity index (χ1) is 9.06. The molecule has 2 aromatic rings. The Hall–Kier alpha value is -2.16. The summed E-state index contributed by atoms with van der Waals surface area (Å²) in [5, 5.41) is 29.0. The molecule has 0 bridgehead atoms. The highest BCUT2D eigenvalue weighted by molar-refractivity contribution is 5.75. The molecule has 0 saturated carbocycles. The molecule has 0 fully saturated rings. The second-order valence-corrected chi connectivity index (χ2v) is 4.55. The highest BCUT2D eigenvalue weighted by Gasteiger charge is 2.12. The number of phenols is 3. The molecule has 3 N–H and O–H groups in total. The first-order valence-corrected chi connectivity index (χ1v) is 6.43. The molecular weight excluding hydrogens is 240 g/mol. The summed E-state index contributed by atoms with van der Waals surface area (Å²) in [5.74, 6) is -0.584. The highest BCUT2D eigenvalue weighted by atomic mass is 16.3. The summed E-state index contributed by atoms with van der Waals surface area (Å²) in [5.41, 5.74) is 3.71. The van der Waals surface area contributed by atoms with E-state index in [0.29, 0.717) is 5.56 Å². The van der Waals surface area contributed by atoms with Gasteiger partial charge in [-0.15, -0.1) is 0 Å². The third kappa shape index (κ3) is 2.50. The number of hydrogen-bond donors (Lipinski definition) is 3. The minimum atomic E-state index is -0.312. The lowest BCUT2D eigenvalue weighted by atomic mass is 9.96. The van der Waals surface area contributed by atoms with Crippen molar-refractivity contribution in [3.63, 3.8) is 0 Å². The van der Waals surface area contributed by atoms with Crippen LogP contribution in [0.25, 0.3) is 11.1 Å². The number of hydrogen-bond acceptors (Lipinski definition) is 3. The summed E-state index contributed by atoms with van der Waals surface area (Å²) in [7, 11) is 0. The van der Waals surface area contributed by atoms with E-state index in [1.165, 1.54) is 17.2 Å². The zero-order valence-corrected chi connectivity index (χ0v) is 11.1. The minimum Gasteiger partial charge on any atom is -0.508 e. The zero-order chi connectivity index (χ0) is 14.0. The van der Waals surface area contributed by atoms with Crippen molar-refractivity contribution in [2.24, 2.45) is 0 Å². The fourth-order valence-corrected chi connectivity index (χ4v) is 2.29. The molecule has 0 aromatic heterocycles. The van der Waals surface area contributed by atoms with Crippen LogP contribution in [0.4, 0.5) is 0 Å². The van der Waals surface area contributed by atoms with Crippen LogP contribution >= 0.6 is 0 Å². The van der Waals surface area contributed by atoms with E-state index in [-0.39, 0.29) is 17.2 Å². The molecule has 0 aliphatic heterocycles. The van der Waals surface area contributed by atoms with Gasteiger partial charge in [0.25, 0.3) is 0 Å². The molecule has 0 aliphatic carbocycles. The third-order valence-electron chi connectivity index (χ3n) is 3.35. The van der Waals surface area contributed by atoms with Gasteiger partial charge in [0.15, 0.2) is 11.5 Å². The van der Waals surface area contributed by atoms with Gasteiger partial charge in [0, 0.05) is 11.6 Å². The minimum absolute atomic E-state index is 0.0667. The fourth-order valence-electron chi connectivity index (χ4n) is 2.29. The first-order valence-electron chi connectivity index (χ1n) is 6.43. The molecule has 100 valence electrons. The largest absolute Gasteiger partial charge is 0.508 e. The van der Waals surface area contributed by atoms with E-state index >= 15 is 0 Å². The Balaban J connectivity index is 2.59. The average Bonchev–Trinajstić information content (AvgIpc) is 2.42. The summed E-state index contributed by atoms with van der Waals surface area (Å²) in [4.78, 5) is 0. The Morgan fingerprint density at radius 1 is 0.842 bits per heavy atom. The van der Waals surface area contributed by atoms with E-state index in [2.05, 4.69) is 13.8 Å². The Bertz CT molecular complexity index is 603. The second kappa shape index (κ2) is 5.22. The van der Waals surface area contributed by atoms with Gasteiger partial charge in [-0.05, 0) is 35.6 Å². The predicted molar refractivity (Wildman–Crippen MR) is 75.6 cm³/mol. The highest BCUT2D eigenvalue weighted by Crippen LogP contribution is 2.40. The van der Waals surface area contributed by atoms with Gasteiger partial charge in [0.1, 0.15) is 5.75 Å². The van der Waals surface area contributed by atoms with Crippen LogP contribution in [-0.4, -0.2) is 15.3 Å². The van der Waals surface area contributed by atoms with Crippen LogP contribution in [-0.2, 0) is 12.8 Å². The lowest BCUT2D eigenvalue weighted by Gasteiger charge is -2.11. The standard InChI is InChI=1S/C16H18O3/c1-3-10-5-6-12(7-11(10)4-2)14-8-13(17)9-15(18)16(14)19/h5-9,17-19H,3-4H2,1-2H3. The molecule has 3 nitrogen and oxygen atoms in total. The van der Waals surface area contributed by atoms with Crippen molar-refractivity contribution in [3.8, 4) is 28.4 Å². The van der Waals surface area contributed by atoms with Crippen LogP contribution < -0.4 is 0 Å². The van der Waals surface area contributed by atoms with Crippen molar-refractivity contribution in [1.82, 2.24) is 0 Å². The van der Waals surface area contributed by atoms with Gasteiger partial charge >= 0.3 is 0 Å². The van der Waals surface area contributed by atoms with Crippen molar-refractivity contribution in [2.45, 2.75) is 26.7 Å². The molecule has 0 atom stereocenters. The van der Waals surface area contributed by atoms with Crippen molar-refractivity contribution in [2.75, 3.05) is 0 Å². The van der Waals surface area contributed by atoms with Gasteiger partial charge < -0.3 is 15.3 Å². The van der Waals surface area contributed by atoms with Crippen molar-refractivity contribution >= 4 is 0 Å². The summed E-state index contributed by atoms with van der Waals surface area (Å²) in [6, 6.07) is 8.49. The van der Waals surface area contributed by atoms with E-state index < -0.39 is 0 Å². The quantitative estimate of drug-likeness (QED) is 0.582. The van der Waals surface area contributed by atoms with Gasteiger partial charge in [-0.2, -0.15) is 0 Å². The van der Waals surface area contributed by atoms with Gasteiger partial charge in [0.05, 0.1) is 0 Å². The van der Waals surface area contributed by atoms with E-state index in [1.807, 2.05) is 18.2 Å². The number of benzene rings is 2.